The first kappa shape index (κ1) is 31.0. The number of unbranched alkanes of at least 4 members (excludes halogenated alkanes) is 11. The number of thiazole rings is 1. The van der Waals surface area contributed by atoms with Gasteiger partial charge in [0.05, 0.1) is 22.2 Å². The van der Waals surface area contributed by atoms with Gasteiger partial charge < -0.3 is 15.4 Å². The zero-order valence-corrected chi connectivity index (χ0v) is 25.2. The van der Waals surface area contributed by atoms with Crippen LogP contribution in [-0.4, -0.2) is 12.6 Å². The Morgan fingerprint density at radius 1 is 0.897 bits per heavy atom. The molecule has 0 radical (unpaired) electrons. The molecule has 1 heterocycles. The smallest absolute Gasteiger partial charge is 0.323 e. The van der Waals surface area contributed by atoms with Crippen molar-refractivity contribution in [2.24, 2.45) is 0 Å². The predicted octanol–water partition coefficient (Wildman–Crippen LogP) is 9.77. The summed E-state index contributed by atoms with van der Waals surface area (Å²) >= 11 is 8.14. The highest BCUT2D eigenvalue weighted by molar-refractivity contribution is 7.09. The van der Waals surface area contributed by atoms with Gasteiger partial charge in [-0.1, -0.05) is 119 Å². The maximum Gasteiger partial charge on any atom is 0.323 e. The number of anilines is 2. The average molecular weight is 571 g/mol. The third-order valence-corrected chi connectivity index (χ3v) is 7.93. The van der Waals surface area contributed by atoms with Crippen molar-refractivity contribution in [3.63, 3.8) is 0 Å². The third kappa shape index (κ3) is 12.0. The molecule has 3 rings (SSSR count). The summed E-state index contributed by atoms with van der Waals surface area (Å²) in [5.74, 6) is 0.652. The Kier molecular flexibility index (Phi) is 14.2. The standard InChI is InChI=1S/C32H44ClN3O2S/c1-3-4-5-6-7-8-9-10-11-12-13-16-21-38-31-20-19-28(22-29(31)33)34-32(37)35-30-18-15-14-17-27(30)24-36-23-26(2)39-25-36/h14-15,17-20,22-23,25H,3-13,16,21,24H2,1-2H3,(H-,34,35,37)/p+1. The molecule has 1 aromatic heterocycles. The first-order valence-corrected chi connectivity index (χ1v) is 15.8. The van der Waals surface area contributed by atoms with E-state index in [9.17, 15) is 4.79 Å². The van der Waals surface area contributed by atoms with Crippen molar-refractivity contribution in [3.05, 3.63) is 69.6 Å². The number of para-hydroxylation sites is 1. The maximum absolute atomic E-state index is 12.7. The summed E-state index contributed by atoms with van der Waals surface area (Å²) in [6.07, 6.45) is 17.9. The first-order chi connectivity index (χ1) is 19.0. The van der Waals surface area contributed by atoms with Gasteiger partial charge in [0.25, 0.3) is 0 Å². The Morgan fingerprint density at radius 2 is 1.56 bits per heavy atom. The van der Waals surface area contributed by atoms with E-state index in [1.165, 1.54) is 75.5 Å². The van der Waals surface area contributed by atoms with Crippen LogP contribution < -0.4 is 19.9 Å². The molecule has 0 bridgehead atoms. The number of carbonyl (C=O) groups is 1. The Morgan fingerprint density at radius 3 is 2.21 bits per heavy atom. The molecule has 212 valence electrons. The first-order valence-electron chi connectivity index (χ1n) is 14.6. The minimum absolute atomic E-state index is 0.310. The van der Waals surface area contributed by atoms with Crippen LogP contribution in [0.5, 0.6) is 5.75 Å². The van der Waals surface area contributed by atoms with Gasteiger partial charge in [0, 0.05) is 11.3 Å². The summed E-state index contributed by atoms with van der Waals surface area (Å²) in [5.41, 5.74) is 4.51. The number of urea groups is 1. The summed E-state index contributed by atoms with van der Waals surface area (Å²) in [6, 6.07) is 12.9. The van der Waals surface area contributed by atoms with Gasteiger partial charge in [-0.25, -0.2) is 4.79 Å². The van der Waals surface area contributed by atoms with E-state index >= 15 is 0 Å². The Balaban J connectivity index is 1.32. The fourth-order valence-corrected chi connectivity index (χ4v) is 5.48. The van der Waals surface area contributed by atoms with E-state index in [1.54, 1.807) is 17.4 Å². The SMILES string of the molecule is CCCCCCCCCCCCCCOc1ccc(NC(=O)Nc2ccccc2C[n+]2csc(C)c2)cc1Cl. The van der Waals surface area contributed by atoms with Gasteiger partial charge in [-0.3, -0.25) is 0 Å². The number of nitrogens with zero attached hydrogens (tertiary/aromatic N) is 1. The Labute approximate surface area is 243 Å². The van der Waals surface area contributed by atoms with E-state index in [0.717, 1.165) is 17.7 Å². The lowest BCUT2D eigenvalue weighted by Crippen LogP contribution is -2.31. The fraction of sp³-hybridized carbons (Fsp3) is 0.500. The Bertz CT molecular complexity index is 1130. The molecule has 7 heteroatoms. The van der Waals surface area contributed by atoms with Gasteiger partial charge in [0.2, 0.25) is 5.51 Å². The van der Waals surface area contributed by atoms with Crippen LogP contribution in [0.1, 0.15) is 94.4 Å². The number of rotatable bonds is 18. The lowest BCUT2D eigenvalue weighted by molar-refractivity contribution is -0.683. The number of aromatic nitrogens is 1. The van der Waals surface area contributed by atoms with E-state index in [-0.39, 0.29) is 6.03 Å². The minimum Gasteiger partial charge on any atom is -0.492 e. The van der Waals surface area contributed by atoms with Crippen LogP contribution in [0.15, 0.2) is 54.2 Å². The molecule has 5 nitrogen and oxygen atoms in total. The number of aryl methyl sites for hydroxylation is 1. The minimum atomic E-state index is -0.310. The number of amides is 2. The molecular weight excluding hydrogens is 526 g/mol. The number of nitrogens with one attached hydrogen (secondary N) is 2. The number of hydrogen-bond acceptors (Lipinski definition) is 3. The Hall–Kier alpha value is -2.57. The van der Waals surface area contributed by atoms with Crippen LogP contribution in [0.25, 0.3) is 0 Å². The summed E-state index contributed by atoms with van der Waals surface area (Å²) in [5, 5.41) is 6.34. The number of benzene rings is 2. The molecule has 2 aromatic carbocycles. The van der Waals surface area contributed by atoms with Crippen LogP contribution in [0.2, 0.25) is 5.02 Å². The van der Waals surface area contributed by atoms with Crippen LogP contribution in [-0.2, 0) is 6.54 Å². The summed E-state index contributed by atoms with van der Waals surface area (Å²) < 4.78 is 8.02. The second-order valence-corrected chi connectivity index (χ2v) is 11.8. The lowest BCUT2D eigenvalue weighted by Gasteiger charge is -2.12. The topological polar surface area (TPSA) is 54.2 Å². The molecule has 2 amide bonds. The summed E-state index contributed by atoms with van der Waals surface area (Å²) in [6.45, 7) is 5.70. The highest BCUT2D eigenvalue weighted by Crippen LogP contribution is 2.28. The van der Waals surface area contributed by atoms with Crippen LogP contribution in [0.4, 0.5) is 16.2 Å². The number of carbonyl (C=O) groups excluding carboxylic acids is 1. The van der Waals surface area contributed by atoms with Crippen molar-refractivity contribution < 1.29 is 14.1 Å². The largest absolute Gasteiger partial charge is 0.492 e. The normalized spacial score (nSPS) is 10.9. The zero-order chi connectivity index (χ0) is 27.7. The van der Waals surface area contributed by atoms with Gasteiger partial charge in [-0.15, -0.1) is 0 Å². The highest BCUT2D eigenvalue weighted by atomic mass is 35.5. The van der Waals surface area contributed by atoms with Gasteiger partial charge >= 0.3 is 6.03 Å². The van der Waals surface area contributed by atoms with Crippen LogP contribution >= 0.6 is 22.9 Å². The van der Waals surface area contributed by atoms with Gasteiger partial charge in [-0.05, 0) is 37.6 Å². The molecule has 0 saturated carbocycles. The molecule has 0 aliphatic heterocycles. The van der Waals surface area contributed by atoms with Crippen molar-refractivity contribution in [3.8, 4) is 5.75 Å². The molecule has 0 aliphatic carbocycles. The summed E-state index contributed by atoms with van der Waals surface area (Å²) in [4.78, 5) is 13.9. The molecule has 2 N–H and O–H groups in total. The predicted molar refractivity (Wildman–Crippen MR) is 165 cm³/mol. The molecule has 39 heavy (non-hydrogen) atoms. The molecule has 0 unspecified atom stereocenters. The maximum atomic E-state index is 12.7. The molecule has 0 atom stereocenters. The molecule has 0 spiro atoms. The van der Waals surface area contributed by atoms with E-state index < -0.39 is 0 Å². The molecule has 0 fully saturated rings. The van der Waals surface area contributed by atoms with Gasteiger partial charge in [0.15, 0.2) is 12.7 Å². The molecule has 0 aliphatic rings. The van der Waals surface area contributed by atoms with Crippen molar-refractivity contribution in [2.45, 2.75) is 97.4 Å². The van der Waals surface area contributed by atoms with Crippen molar-refractivity contribution in [2.75, 3.05) is 17.2 Å². The molecular formula is C32H45ClN3O2S+. The van der Waals surface area contributed by atoms with Gasteiger partial charge in [-0.2, -0.15) is 4.57 Å². The van der Waals surface area contributed by atoms with Crippen LogP contribution in [0, 0.1) is 6.92 Å². The average Bonchev–Trinajstić information content (AvgIpc) is 3.33. The number of halogens is 1. The lowest BCUT2D eigenvalue weighted by atomic mass is 10.1. The van der Waals surface area contributed by atoms with Crippen molar-refractivity contribution in [1.29, 1.82) is 0 Å². The number of hydrogen-bond donors (Lipinski definition) is 2. The summed E-state index contributed by atoms with van der Waals surface area (Å²) in [7, 11) is 0. The van der Waals surface area contributed by atoms with Crippen molar-refractivity contribution in [1.82, 2.24) is 0 Å². The molecule has 0 saturated heterocycles. The highest BCUT2D eigenvalue weighted by Gasteiger charge is 2.12. The fourth-order valence-electron chi connectivity index (χ4n) is 4.61. The van der Waals surface area contributed by atoms with Crippen LogP contribution in [0.3, 0.4) is 0 Å². The van der Waals surface area contributed by atoms with E-state index in [4.69, 9.17) is 16.3 Å². The second-order valence-electron chi connectivity index (χ2n) is 10.3. The molecule has 3 aromatic rings. The third-order valence-electron chi connectivity index (χ3n) is 6.79. The van der Waals surface area contributed by atoms with Gasteiger partial charge in [0.1, 0.15) is 5.75 Å². The second kappa shape index (κ2) is 17.9. The quantitative estimate of drug-likeness (QED) is 0.118. The zero-order valence-electron chi connectivity index (χ0n) is 23.6. The monoisotopic (exact) mass is 570 g/mol. The van der Waals surface area contributed by atoms with E-state index in [0.29, 0.717) is 29.6 Å². The number of ether oxygens (including phenoxy) is 1. The van der Waals surface area contributed by atoms with Crippen molar-refractivity contribution >= 4 is 40.3 Å². The van der Waals surface area contributed by atoms with E-state index in [1.807, 2.05) is 36.4 Å². The van der Waals surface area contributed by atoms with E-state index in [2.05, 4.69) is 40.8 Å².